The molecule has 0 spiro atoms. The van der Waals surface area contributed by atoms with E-state index in [9.17, 15) is 4.79 Å². The van der Waals surface area contributed by atoms with E-state index < -0.39 is 5.54 Å². The van der Waals surface area contributed by atoms with Crippen LogP contribution in [0.1, 0.15) is 32.1 Å². The highest BCUT2D eigenvalue weighted by molar-refractivity contribution is 5.85. The molecule has 2 aliphatic carbocycles. The Morgan fingerprint density at radius 3 is 2.64 bits per heavy atom. The van der Waals surface area contributed by atoms with Crippen LogP contribution in [0.4, 0.5) is 0 Å². The number of nitrogens with two attached hydrogens (primary N) is 1. The van der Waals surface area contributed by atoms with E-state index in [0.717, 1.165) is 19.3 Å². The van der Waals surface area contributed by atoms with Crippen molar-refractivity contribution in [3.63, 3.8) is 0 Å². The van der Waals surface area contributed by atoms with Crippen molar-refractivity contribution < 1.29 is 9.53 Å². The van der Waals surface area contributed by atoms with Gasteiger partial charge in [0.15, 0.2) is 0 Å². The number of nitrogens with one attached hydrogen (secondary N) is 1. The Hall–Kier alpha value is -0.610. The number of methoxy groups -OCH3 is 1. The molecule has 2 aliphatic rings. The number of hydrogen-bond donors (Lipinski definition) is 2. The minimum atomic E-state index is -0.484. The molecule has 14 heavy (non-hydrogen) atoms. The van der Waals surface area contributed by atoms with E-state index in [2.05, 4.69) is 5.32 Å². The maximum atomic E-state index is 11.5. The Morgan fingerprint density at radius 1 is 1.50 bits per heavy atom. The van der Waals surface area contributed by atoms with Gasteiger partial charge in [-0.2, -0.15) is 0 Å². The van der Waals surface area contributed by atoms with E-state index in [-0.39, 0.29) is 12.0 Å². The number of amides is 1. The van der Waals surface area contributed by atoms with Crippen molar-refractivity contribution >= 4 is 5.91 Å². The summed E-state index contributed by atoms with van der Waals surface area (Å²) in [4.78, 5) is 11.5. The molecular weight excluding hydrogens is 180 g/mol. The lowest BCUT2D eigenvalue weighted by atomic mass is 9.96. The summed E-state index contributed by atoms with van der Waals surface area (Å²) in [6, 6.07) is 0.512. The van der Waals surface area contributed by atoms with Gasteiger partial charge in [0.25, 0.3) is 0 Å². The molecule has 0 aromatic rings. The molecule has 4 heteroatoms. The summed E-state index contributed by atoms with van der Waals surface area (Å²) in [7, 11) is 1.69. The van der Waals surface area contributed by atoms with Crippen molar-refractivity contribution in [3.05, 3.63) is 0 Å². The smallest absolute Gasteiger partial charge is 0.237 e. The second-order valence-corrected chi connectivity index (χ2v) is 4.47. The van der Waals surface area contributed by atoms with Crippen LogP contribution in [0.3, 0.4) is 0 Å². The van der Waals surface area contributed by atoms with Gasteiger partial charge in [-0.15, -0.1) is 0 Å². The van der Waals surface area contributed by atoms with Crippen LogP contribution in [0.5, 0.6) is 0 Å². The summed E-state index contributed by atoms with van der Waals surface area (Å²) in [5.74, 6) is -0.219. The Morgan fingerprint density at radius 2 is 2.21 bits per heavy atom. The van der Waals surface area contributed by atoms with Crippen LogP contribution in [0.25, 0.3) is 0 Å². The van der Waals surface area contributed by atoms with Crippen molar-refractivity contribution in [3.8, 4) is 0 Å². The highest BCUT2D eigenvalue weighted by atomic mass is 16.5. The number of rotatable bonds is 4. The summed E-state index contributed by atoms with van der Waals surface area (Å²) >= 11 is 0. The average molecular weight is 198 g/mol. The minimum Gasteiger partial charge on any atom is -0.381 e. The minimum absolute atomic E-state index is 0.189. The molecule has 2 rings (SSSR count). The SMILES string of the molecule is COC1CCC(NC2CC2)(C(N)=O)C1. The van der Waals surface area contributed by atoms with Gasteiger partial charge in [0.1, 0.15) is 5.54 Å². The average Bonchev–Trinajstić information content (AvgIpc) is 2.83. The fourth-order valence-electron chi connectivity index (χ4n) is 2.25. The first-order valence-electron chi connectivity index (χ1n) is 5.27. The van der Waals surface area contributed by atoms with Crippen LogP contribution >= 0.6 is 0 Å². The highest BCUT2D eigenvalue weighted by Crippen LogP contribution is 2.35. The molecule has 0 aromatic heterocycles. The van der Waals surface area contributed by atoms with Gasteiger partial charge in [-0.05, 0) is 25.7 Å². The van der Waals surface area contributed by atoms with E-state index in [1.165, 1.54) is 12.8 Å². The van der Waals surface area contributed by atoms with Crippen molar-refractivity contribution in [2.75, 3.05) is 7.11 Å². The number of ether oxygens (including phenoxy) is 1. The van der Waals surface area contributed by atoms with Gasteiger partial charge in [0.2, 0.25) is 5.91 Å². The quantitative estimate of drug-likeness (QED) is 0.676. The number of carbonyl (C=O) groups excluding carboxylic acids is 1. The third-order valence-electron chi connectivity index (χ3n) is 3.33. The van der Waals surface area contributed by atoms with Crippen molar-refractivity contribution in [1.29, 1.82) is 0 Å². The van der Waals surface area contributed by atoms with Crippen LogP contribution in [-0.4, -0.2) is 30.7 Å². The number of carbonyl (C=O) groups is 1. The predicted molar refractivity (Wildman–Crippen MR) is 52.7 cm³/mol. The lowest BCUT2D eigenvalue weighted by molar-refractivity contribution is -0.124. The Bertz CT molecular complexity index is 240. The Balaban J connectivity index is 2.03. The fourth-order valence-corrected chi connectivity index (χ4v) is 2.25. The molecule has 3 N–H and O–H groups in total. The van der Waals surface area contributed by atoms with Gasteiger partial charge in [-0.25, -0.2) is 0 Å². The molecule has 2 unspecified atom stereocenters. The van der Waals surface area contributed by atoms with Crippen LogP contribution in [0.2, 0.25) is 0 Å². The van der Waals surface area contributed by atoms with Crippen molar-refractivity contribution in [2.24, 2.45) is 5.73 Å². The molecule has 0 bridgehead atoms. The standard InChI is InChI=1S/C10H18N2O2/c1-14-8-4-5-10(6-8,9(11)13)12-7-2-3-7/h7-8,12H,2-6H2,1H3,(H2,11,13). The van der Waals surface area contributed by atoms with Crippen LogP contribution in [0.15, 0.2) is 0 Å². The lowest BCUT2D eigenvalue weighted by Gasteiger charge is -2.27. The number of primary amides is 1. The zero-order chi connectivity index (χ0) is 10.2. The topological polar surface area (TPSA) is 64.3 Å². The monoisotopic (exact) mass is 198 g/mol. The van der Waals surface area contributed by atoms with Gasteiger partial charge >= 0.3 is 0 Å². The highest BCUT2D eigenvalue weighted by Gasteiger charge is 2.46. The zero-order valence-corrected chi connectivity index (χ0v) is 8.58. The molecule has 4 nitrogen and oxygen atoms in total. The van der Waals surface area contributed by atoms with E-state index in [0.29, 0.717) is 6.04 Å². The van der Waals surface area contributed by atoms with Crippen molar-refractivity contribution in [1.82, 2.24) is 5.32 Å². The van der Waals surface area contributed by atoms with Gasteiger partial charge in [0, 0.05) is 19.6 Å². The van der Waals surface area contributed by atoms with E-state index >= 15 is 0 Å². The molecule has 1 amide bonds. The van der Waals surface area contributed by atoms with E-state index in [4.69, 9.17) is 10.5 Å². The summed E-state index contributed by atoms with van der Waals surface area (Å²) in [5, 5.41) is 3.38. The normalized spacial score (nSPS) is 37.4. The van der Waals surface area contributed by atoms with Crippen LogP contribution in [0, 0.1) is 0 Å². The van der Waals surface area contributed by atoms with Gasteiger partial charge < -0.3 is 15.8 Å². The largest absolute Gasteiger partial charge is 0.381 e. The van der Waals surface area contributed by atoms with Crippen LogP contribution < -0.4 is 11.1 Å². The van der Waals surface area contributed by atoms with E-state index in [1.54, 1.807) is 7.11 Å². The molecule has 2 fully saturated rings. The first-order chi connectivity index (χ1) is 6.66. The Kier molecular flexibility index (Phi) is 2.49. The summed E-state index contributed by atoms with van der Waals surface area (Å²) < 4.78 is 5.27. The van der Waals surface area contributed by atoms with E-state index in [1.807, 2.05) is 0 Å². The molecule has 0 heterocycles. The van der Waals surface area contributed by atoms with Gasteiger partial charge in [-0.1, -0.05) is 0 Å². The number of hydrogen-bond acceptors (Lipinski definition) is 3. The summed E-state index contributed by atoms with van der Waals surface area (Å²) in [5.41, 5.74) is 4.98. The zero-order valence-electron chi connectivity index (χ0n) is 8.58. The first kappa shape index (κ1) is 9.93. The summed E-state index contributed by atoms with van der Waals surface area (Å²) in [6.45, 7) is 0. The summed E-state index contributed by atoms with van der Waals surface area (Å²) in [6.07, 6.45) is 5.01. The molecule has 0 radical (unpaired) electrons. The Labute approximate surface area is 84.2 Å². The fraction of sp³-hybridized carbons (Fsp3) is 0.900. The van der Waals surface area contributed by atoms with Gasteiger partial charge in [0.05, 0.1) is 6.10 Å². The second kappa shape index (κ2) is 3.51. The van der Waals surface area contributed by atoms with Gasteiger partial charge in [-0.3, -0.25) is 4.79 Å². The molecule has 0 aromatic carbocycles. The third kappa shape index (κ3) is 1.77. The first-order valence-corrected chi connectivity index (χ1v) is 5.27. The maximum absolute atomic E-state index is 11.5. The molecule has 2 atom stereocenters. The molecule has 0 saturated heterocycles. The lowest BCUT2D eigenvalue weighted by Crippen LogP contribution is -2.54. The maximum Gasteiger partial charge on any atom is 0.237 e. The molecule has 2 saturated carbocycles. The van der Waals surface area contributed by atoms with Crippen LogP contribution in [-0.2, 0) is 9.53 Å². The molecule has 0 aliphatic heterocycles. The van der Waals surface area contributed by atoms with Crippen molar-refractivity contribution in [2.45, 2.75) is 49.8 Å². The third-order valence-corrected chi connectivity index (χ3v) is 3.33. The molecule has 80 valence electrons. The second-order valence-electron chi connectivity index (χ2n) is 4.47. The predicted octanol–water partition coefficient (Wildman–Crippen LogP) is 0.161. The molecular formula is C10H18N2O2.